The number of fused-ring (bicyclic) bond motifs is 4. The van der Waals surface area contributed by atoms with Crippen molar-refractivity contribution in [3.05, 3.63) is 102 Å². The number of carbonyl (C=O) groups excluding carboxylic acids is 4. The third-order valence-electron chi connectivity index (χ3n) is 10.6. The number of carbonyl (C=O) groups is 4. The summed E-state index contributed by atoms with van der Waals surface area (Å²) in [7, 11) is 3.91. The average molecular weight is 792 g/mol. The van der Waals surface area contributed by atoms with Gasteiger partial charge >= 0.3 is 0 Å². The van der Waals surface area contributed by atoms with Crippen LogP contribution in [0, 0.1) is 17.8 Å². The summed E-state index contributed by atoms with van der Waals surface area (Å²) >= 11 is 17.9. The highest BCUT2D eigenvalue weighted by molar-refractivity contribution is 9.09. The van der Waals surface area contributed by atoms with Crippen molar-refractivity contribution in [1.29, 1.82) is 0 Å². The van der Waals surface area contributed by atoms with Crippen LogP contribution in [-0.4, -0.2) is 62.9 Å². The number of alkyl halides is 3. The number of phenols is 1. The number of para-hydroxylation sites is 1. The molecule has 2 heterocycles. The Hall–Kier alpha value is -4.32. The van der Waals surface area contributed by atoms with Crippen molar-refractivity contribution in [2.45, 2.75) is 34.9 Å². The highest BCUT2D eigenvalue weighted by Gasteiger charge is 2.76. The van der Waals surface area contributed by atoms with Crippen molar-refractivity contribution in [2.75, 3.05) is 29.3 Å². The molecule has 2 saturated heterocycles. The summed E-state index contributed by atoms with van der Waals surface area (Å²) in [5.41, 5.74) is 3.95. The largest absolute Gasteiger partial charge is 0.507 e. The van der Waals surface area contributed by atoms with E-state index in [-0.39, 0.29) is 30.0 Å². The fourth-order valence-corrected chi connectivity index (χ4v) is 9.54. The Morgan fingerprint density at radius 2 is 1.59 bits per heavy atom. The van der Waals surface area contributed by atoms with E-state index < -0.39 is 51.1 Å². The Balaban J connectivity index is 1.24. The standard InChI is InChI=1S/C38H34BrCl2N5O5/c1-4-6-21-7-5-8-28(32(21)47)31-26-17-18-27-30(29(26)19-37(40)35(50)45(20-39)36(51)38(31,37)41)34(49)46(33(27)48)25-15-11-23(12-16-25)43-42-22-9-13-24(14-10-22)44(2)3/h4-5,7-17,27,29-31,47H,1,6,18-20H2,2-3H3/t27-,29+,30-,31+,37+,38-/m0/s1. The van der Waals surface area contributed by atoms with Gasteiger partial charge in [-0.05, 0) is 79.3 Å². The number of azo groups is 1. The molecule has 1 N–H and O–H groups in total. The number of anilines is 2. The Bertz CT molecular complexity index is 2040. The van der Waals surface area contributed by atoms with Gasteiger partial charge in [0.25, 0.3) is 11.8 Å². The van der Waals surface area contributed by atoms with Crippen molar-refractivity contribution in [2.24, 2.45) is 28.0 Å². The van der Waals surface area contributed by atoms with Crippen molar-refractivity contribution >= 4 is 85.5 Å². The van der Waals surface area contributed by atoms with Crippen LogP contribution in [0.25, 0.3) is 0 Å². The van der Waals surface area contributed by atoms with Crippen LogP contribution in [-0.2, 0) is 25.6 Å². The summed E-state index contributed by atoms with van der Waals surface area (Å²) in [5, 5.41) is 20.2. The number of phenolic OH excluding ortho intramolecular Hbond substituents is 1. The monoisotopic (exact) mass is 789 g/mol. The normalized spacial score (nSPS) is 28.5. The van der Waals surface area contributed by atoms with Gasteiger partial charge in [0, 0.05) is 31.3 Å². The molecule has 3 aromatic carbocycles. The summed E-state index contributed by atoms with van der Waals surface area (Å²) < 4.78 is 0. The quantitative estimate of drug-likeness (QED) is 0.0829. The molecular formula is C38H34BrCl2N5O5. The number of allylic oxidation sites excluding steroid dienone is 3. The summed E-state index contributed by atoms with van der Waals surface area (Å²) in [5.74, 6) is -5.67. The van der Waals surface area contributed by atoms with Crippen LogP contribution in [0.15, 0.2) is 101 Å². The molecule has 0 radical (unpaired) electrons. The van der Waals surface area contributed by atoms with Crippen LogP contribution in [0.4, 0.5) is 22.7 Å². The van der Waals surface area contributed by atoms with Gasteiger partial charge in [0.05, 0.1) is 34.4 Å². The second-order valence-corrected chi connectivity index (χ2v) is 15.2. The van der Waals surface area contributed by atoms with Gasteiger partial charge in [0.1, 0.15) is 5.75 Å². The van der Waals surface area contributed by atoms with Gasteiger partial charge in [-0.2, -0.15) is 10.2 Å². The minimum absolute atomic E-state index is 0.0964. The molecule has 262 valence electrons. The number of likely N-dealkylation sites (tertiary alicyclic amines) is 1. The van der Waals surface area contributed by atoms with Crippen LogP contribution >= 0.6 is 39.1 Å². The molecule has 0 aromatic heterocycles. The van der Waals surface area contributed by atoms with Crippen LogP contribution in [0.1, 0.15) is 29.9 Å². The fraction of sp³-hybridized carbons (Fsp3) is 0.316. The van der Waals surface area contributed by atoms with Crippen LogP contribution in [0.2, 0.25) is 0 Å². The Labute approximate surface area is 313 Å². The van der Waals surface area contributed by atoms with E-state index in [0.29, 0.717) is 40.2 Å². The van der Waals surface area contributed by atoms with E-state index >= 15 is 0 Å². The molecule has 3 aromatic rings. The maximum atomic E-state index is 14.4. The lowest BCUT2D eigenvalue weighted by molar-refractivity contribution is -0.138. The van der Waals surface area contributed by atoms with E-state index in [0.717, 1.165) is 10.6 Å². The average Bonchev–Trinajstić information content (AvgIpc) is 3.46. The minimum atomic E-state index is -2.01. The molecule has 1 saturated carbocycles. The summed E-state index contributed by atoms with van der Waals surface area (Å²) in [6.07, 6.45) is 3.88. The molecule has 13 heteroatoms. The minimum Gasteiger partial charge on any atom is -0.507 e. The number of nitrogens with zero attached hydrogens (tertiary/aromatic N) is 5. The fourth-order valence-electron chi connectivity index (χ4n) is 8.12. The van der Waals surface area contributed by atoms with Crippen molar-refractivity contribution in [1.82, 2.24) is 4.90 Å². The second kappa shape index (κ2) is 13.0. The number of hydrogen-bond acceptors (Lipinski definition) is 8. The first-order valence-electron chi connectivity index (χ1n) is 16.5. The molecule has 51 heavy (non-hydrogen) atoms. The van der Waals surface area contributed by atoms with Gasteiger partial charge in [-0.1, -0.05) is 51.9 Å². The highest BCUT2D eigenvalue weighted by atomic mass is 79.9. The number of aromatic hydroxyl groups is 1. The van der Waals surface area contributed by atoms with E-state index in [2.05, 4.69) is 32.7 Å². The topological polar surface area (TPSA) is 123 Å². The van der Waals surface area contributed by atoms with Crippen molar-refractivity contribution in [3.63, 3.8) is 0 Å². The van der Waals surface area contributed by atoms with Gasteiger partial charge < -0.3 is 10.0 Å². The molecule has 2 aliphatic heterocycles. The molecular weight excluding hydrogens is 757 g/mol. The maximum absolute atomic E-state index is 14.4. The van der Waals surface area contributed by atoms with E-state index in [9.17, 15) is 24.3 Å². The SMILES string of the molecule is C=CCc1cccc([C@H]2C3=CC[C@@H]4C(=O)N(c5ccc(N=Nc6ccc(N(C)C)cc6)cc5)C(=O)[C@@H]4[C@@H]3C[C@@]3(Cl)C(=O)N(CBr)C(=O)[C@@]23Cl)c1O. The molecule has 10 nitrogen and oxygen atoms in total. The van der Waals surface area contributed by atoms with E-state index in [1.165, 1.54) is 4.90 Å². The summed E-state index contributed by atoms with van der Waals surface area (Å²) in [6.45, 7) is 3.78. The number of amides is 4. The first kappa shape index (κ1) is 35.1. The predicted octanol–water partition coefficient (Wildman–Crippen LogP) is 7.52. The molecule has 6 atom stereocenters. The number of halogens is 3. The van der Waals surface area contributed by atoms with Gasteiger partial charge in [-0.25, -0.2) is 0 Å². The van der Waals surface area contributed by atoms with Crippen LogP contribution in [0.5, 0.6) is 5.75 Å². The summed E-state index contributed by atoms with van der Waals surface area (Å²) in [4.78, 5) is 56.5. The number of rotatable bonds is 8. The highest BCUT2D eigenvalue weighted by Crippen LogP contribution is 2.66. The maximum Gasteiger partial charge on any atom is 0.254 e. The Kier molecular flexibility index (Phi) is 8.96. The molecule has 0 spiro atoms. The van der Waals surface area contributed by atoms with E-state index in [1.807, 2.05) is 49.3 Å². The van der Waals surface area contributed by atoms with Crippen molar-refractivity contribution < 1.29 is 24.3 Å². The first-order valence-corrected chi connectivity index (χ1v) is 18.3. The third-order valence-corrected chi connectivity index (χ3v) is 12.5. The second-order valence-electron chi connectivity index (χ2n) is 13.5. The molecule has 3 fully saturated rings. The van der Waals surface area contributed by atoms with E-state index in [1.54, 1.807) is 48.5 Å². The number of benzene rings is 3. The van der Waals surface area contributed by atoms with Gasteiger partial charge in [-0.15, -0.1) is 29.8 Å². The Morgan fingerprint density at radius 1 is 0.941 bits per heavy atom. The zero-order valence-electron chi connectivity index (χ0n) is 27.8. The van der Waals surface area contributed by atoms with Gasteiger partial charge in [-0.3, -0.25) is 29.0 Å². The lowest BCUT2D eigenvalue weighted by Gasteiger charge is -2.50. The van der Waals surface area contributed by atoms with Crippen molar-refractivity contribution in [3.8, 4) is 5.75 Å². The van der Waals surface area contributed by atoms with Gasteiger partial charge in [0.2, 0.25) is 11.8 Å². The number of imide groups is 2. The number of hydrogen-bond donors (Lipinski definition) is 1. The molecule has 7 rings (SSSR count). The first-order chi connectivity index (χ1) is 24.4. The molecule has 4 amide bonds. The predicted molar refractivity (Wildman–Crippen MR) is 199 cm³/mol. The van der Waals surface area contributed by atoms with Crippen LogP contribution < -0.4 is 9.80 Å². The zero-order valence-corrected chi connectivity index (χ0v) is 30.9. The van der Waals surface area contributed by atoms with Crippen LogP contribution in [0.3, 0.4) is 0 Å². The Morgan fingerprint density at radius 3 is 2.20 bits per heavy atom. The summed E-state index contributed by atoms with van der Waals surface area (Å²) in [6, 6.07) is 19.4. The third kappa shape index (κ3) is 5.26. The van der Waals surface area contributed by atoms with Gasteiger partial charge in [0.15, 0.2) is 9.75 Å². The lowest BCUT2D eigenvalue weighted by atomic mass is 9.56. The molecule has 4 aliphatic rings. The smallest absolute Gasteiger partial charge is 0.254 e. The molecule has 0 bridgehead atoms. The zero-order chi connectivity index (χ0) is 36.4. The lowest BCUT2D eigenvalue weighted by Crippen LogP contribution is -2.60. The molecule has 0 unspecified atom stereocenters. The van der Waals surface area contributed by atoms with E-state index in [4.69, 9.17) is 23.2 Å². The molecule has 2 aliphatic carbocycles.